The van der Waals surface area contributed by atoms with Crippen molar-refractivity contribution in [3.05, 3.63) is 35.2 Å². The van der Waals surface area contributed by atoms with E-state index < -0.39 is 0 Å². The van der Waals surface area contributed by atoms with Crippen LogP contribution in [0.1, 0.15) is 32.0 Å². The maximum Gasteiger partial charge on any atom is 0.0373 e. The lowest BCUT2D eigenvalue weighted by molar-refractivity contribution is 0.636. The van der Waals surface area contributed by atoms with Crippen molar-refractivity contribution in [2.45, 2.75) is 33.7 Å². The van der Waals surface area contributed by atoms with Crippen LogP contribution in [0.3, 0.4) is 0 Å². The number of nitrogens with zero attached hydrogens (tertiary/aromatic N) is 1. The van der Waals surface area contributed by atoms with Crippen molar-refractivity contribution in [1.29, 1.82) is 0 Å². The molecule has 0 radical (unpaired) electrons. The lowest BCUT2D eigenvalue weighted by Gasteiger charge is -2.12. The van der Waals surface area contributed by atoms with Gasteiger partial charge in [0.2, 0.25) is 0 Å². The van der Waals surface area contributed by atoms with Crippen molar-refractivity contribution in [2.75, 3.05) is 6.54 Å². The van der Waals surface area contributed by atoms with Crippen LogP contribution in [-0.2, 0) is 0 Å². The summed E-state index contributed by atoms with van der Waals surface area (Å²) < 4.78 is 0. The van der Waals surface area contributed by atoms with Crippen LogP contribution in [0.15, 0.2) is 23.9 Å². The third kappa shape index (κ3) is 3.84. The maximum atomic E-state index is 4.27. The average molecular weight is 204 g/mol. The van der Waals surface area contributed by atoms with Crippen LogP contribution >= 0.6 is 0 Å². The van der Waals surface area contributed by atoms with E-state index in [0.29, 0.717) is 6.04 Å². The van der Waals surface area contributed by atoms with Crippen LogP contribution in [0.2, 0.25) is 0 Å². The molecular formula is C13H20N2. The number of pyridine rings is 1. The zero-order chi connectivity index (χ0) is 11.3. The summed E-state index contributed by atoms with van der Waals surface area (Å²) in [5, 5.41) is 3.39. The fraction of sp³-hybridized carbons (Fsp3) is 0.462. The van der Waals surface area contributed by atoms with Gasteiger partial charge in [0, 0.05) is 17.9 Å². The van der Waals surface area contributed by atoms with Crippen molar-refractivity contribution >= 4 is 6.08 Å². The smallest absolute Gasteiger partial charge is 0.0373 e. The minimum absolute atomic E-state index is 0.427. The monoisotopic (exact) mass is 204 g/mol. The number of hydrogen-bond donors (Lipinski definition) is 1. The van der Waals surface area contributed by atoms with E-state index in [-0.39, 0.29) is 0 Å². The lowest BCUT2D eigenvalue weighted by atomic mass is 10.1. The van der Waals surface area contributed by atoms with Gasteiger partial charge in [0.25, 0.3) is 0 Å². The van der Waals surface area contributed by atoms with Crippen LogP contribution in [0.5, 0.6) is 0 Å². The second-order valence-corrected chi connectivity index (χ2v) is 3.90. The van der Waals surface area contributed by atoms with Gasteiger partial charge in [-0.25, -0.2) is 0 Å². The Hall–Kier alpha value is -1.15. The molecule has 0 aliphatic carbocycles. The van der Waals surface area contributed by atoms with E-state index in [1.54, 1.807) is 0 Å². The van der Waals surface area contributed by atoms with Gasteiger partial charge in [-0.3, -0.25) is 4.98 Å². The van der Waals surface area contributed by atoms with Gasteiger partial charge in [0.1, 0.15) is 0 Å². The Balaban J connectivity index is 2.73. The molecule has 0 spiro atoms. The molecule has 1 heterocycles. The third-order valence-corrected chi connectivity index (χ3v) is 2.52. The molecule has 0 amide bonds. The fourth-order valence-electron chi connectivity index (χ4n) is 1.42. The molecule has 1 N–H and O–H groups in total. The first kappa shape index (κ1) is 11.9. The summed E-state index contributed by atoms with van der Waals surface area (Å²) in [4.78, 5) is 4.27. The van der Waals surface area contributed by atoms with E-state index in [0.717, 1.165) is 12.2 Å². The second kappa shape index (κ2) is 5.66. The number of aryl methyl sites for hydroxylation is 1. The van der Waals surface area contributed by atoms with E-state index in [1.807, 2.05) is 19.2 Å². The Morgan fingerprint density at radius 2 is 2.27 bits per heavy atom. The molecule has 1 atom stereocenters. The fourth-order valence-corrected chi connectivity index (χ4v) is 1.42. The number of nitrogens with one attached hydrogen (secondary N) is 1. The average Bonchev–Trinajstić information content (AvgIpc) is 2.22. The van der Waals surface area contributed by atoms with Gasteiger partial charge in [-0.1, -0.05) is 24.6 Å². The predicted octanol–water partition coefficient (Wildman–Crippen LogP) is 2.79. The van der Waals surface area contributed by atoms with Gasteiger partial charge in [-0.05, 0) is 38.9 Å². The highest BCUT2D eigenvalue weighted by Gasteiger charge is 2.01. The van der Waals surface area contributed by atoms with E-state index in [1.165, 1.54) is 11.1 Å². The molecule has 0 saturated heterocycles. The van der Waals surface area contributed by atoms with Gasteiger partial charge in [0.15, 0.2) is 0 Å². The van der Waals surface area contributed by atoms with Crippen molar-refractivity contribution < 1.29 is 0 Å². The van der Waals surface area contributed by atoms with Crippen LogP contribution in [0.25, 0.3) is 6.08 Å². The standard InChI is InChI=1S/C13H20N2/c1-5-14-12(4)10(2)8-13-7-6-11(3)15-9-13/h6-9,12,14H,5H2,1-4H3/b10-8+. The maximum absolute atomic E-state index is 4.27. The Bertz CT molecular complexity index is 325. The van der Waals surface area contributed by atoms with Gasteiger partial charge in [-0.15, -0.1) is 0 Å². The Kier molecular flexibility index (Phi) is 4.50. The molecule has 1 unspecified atom stereocenters. The summed E-state index contributed by atoms with van der Waals surface area (Å²) in [7, 11) is 0. The van der Waals surface area contributed by atoms with Gasteiger partial charge in [-0.2, -0.15) is 0 Å². The number of aromatic nitrogens is 1. The van der Waals surface area contributed by atoms with E-state index in [2.05, 4.69) is 43.2 Å². The molecule has 0 saturated carbocycles. The first-order valence-corrected chi connectivity index (χ1v) is 5.47. The van der Waals surface area contributed by atoms with Crippen molar-refractivity contribution in [1.82, 2.24) is 10.3 Å². The molecule has 2 nitrogen and oxygen atoms in total. The highest BCUT2D eigenvalue weighted by atomic mass is 14.9. The summed E-state index contributed by atoms with van der Waals surface area (Å²) in [6.07, 6.45) is 4.09. The minimum atomic E-state index is 0.427. The van der Waals surface area contributed by atoms with Gasteiger partial charge in [0.05, 0.1) is 0 Å². The summed E-state index contributed by atoms with van der Waals surface area (Å²) in [6.45, 7) is 9.45. The lowest BCUT2D eigenvalue weighted by Crippen LogP contribution is -2.26. The Morgan fingerprint density at radius 3 is 2.80 bits per heavy atom. The third-order valence-electron chi connectivity index (χ3n) is 2.52. The molecule has 2 heteroatoms. The molecule has 0 fully saturated rings. The molecule has 15 heavy (non-hydrogen) atoms. The minimum Gasteiger partial charge on any atom is -0.311 e. The summed E-state index contributed by atoms with van der Waals surface area (Å²) in [5.74, 6) is 0. The number of hydrogen-bond acceptors (Lipinski definition) is 2. The van der Waals surface area contributed by atoms with Gasteiger partial charge >= 0.3 is 0 Å². The molecule has 1 aromatic rings. The molecule has 1 rings (SSSR count). The summed E-state index contributed by atoms with van der Waals surface area (Å²) >= 11 is 0. The number of likely N-dealkylation sites (N-methyl/N-ethyl adjacent to an activating group) is 1. The predicted molar refractivity (Wildman–Crippen MR) is 65.8 cm³/mol. The zero-order valence-corrected chi connectivity index (χ0v) is 10.0. The quantitative estimate of drug-likeness (QED) is 0.815. The molecule has 82 valence electrons. The first-order valence-electron chi connectivity index (χ1n) is 5.47. The van der Waals surface area contributed by atoms with Crippen LogP contribution in [0.4, 0.5) is 0 Å². The van der Waals surface area contributed by atoms with Crippen LogP contribution in [0, 0.1) is 6.92 Å². The SMILES string of the molecule is CCNC(C)/C(C)=C/c1ccc(C)nc1. The normalized spacial score (nSPS) is 14.0. The number of rotatable bonds is 4. The first-order chi connectivity index (χ1) is 7.13. The summed E-state index contributed by atoms with van der Waals surface area (Å²) in [6, 6.07) is 4.57. The Morgan fingerprint density at radius 1 is 1.53 bits per heavy atom. The van der Waals surface area contributed by atoms with E-state index in [4.69, 9.17) is 0 Å². The van der Waals surface area contributed by atoms with Crippen LogP contribution < -0.4 is 5.32 Å². The van der Waals surface area contributed by atoms with Crippen molar-refractivity contribution in [3.8, 4) is 0 Å². The topological polar surface area (TPSA) is 24.9 Å². The summed E-state index contributed by atoms with van der Waals surface area (Å²) in [5.41, 5.74) is 3.56. The van der Waals surface area contributed by atoms with E-state index >= 15 is 0 Å². The van der Waals surface area contributed by atoms with Gasteiger partial charge < -0.3 is 5.32 Å². The largest absolute Gasteiger partial charge is 0.311 e. The zero-order valence-electron chi connectivity index (χ0n) is 10.0. The highest BCUT2D eigenvalue weighted by molar-refractivity contribution is 5.52. The molecule has 0 aromatic carbocycles. The van der Waals surface area contributed by atoms with Crippen molar-refractivity contribution in [3.63, 3.8) is 0 Å². The highest BCUT2D eigenvalue weighted by Crippen LogP contribution is 2.09. The molecule has 0 bridgehead atoms. The molecule has 1 aromatic heterocycles. The molecule has 0 aliphatic rings. The van der Waals surface area contributed by atoms with Crippen LogP contribution in [-0.4, -0.2) is 17.6 Å². The molecule has 0 aliphatic heterocycles. The second-order valence-electron chi connectivity index (χ2n) is 3.90. The Labute approximate surface area is 92.4 Å². The van der Waals surface area contributed by atoms with Crippen molar-refractivity contribution in [2.24, 2.45) is 0 Å². The molecular weight excluding hydrogens is 184 g/mol. The van der Waals surface area contributed by atoms with E-state index in [9.17, 15) is 0 Å².